The molecule has 5 saturated heterocycles. The molecular formula is C39H37FN6O4. The molecule has 1 N–H and O–H groups in total. The maximum atomic E-state index is 13.5. The van der Waals surface area contributed by atoms with Crippen LogP contribution in [0.1, 0.15) is 16.7 Å². The summed E-state index contributed by atoms with van der Waals surface area (Å²) in [5.41, 5.74) is 3.86. The average Bonchev–Trinajstić information content (AvgIpc) is 4.07. The molecular weight excluding hydrogens is 635 g/mol. The van der Waals surface area contributed by atoms with Gasteiger partial charge in [-0.25, -0.2) is 14.3 Å². The Morgan fingerprint density at radius 1 is 0.960 bits per heavy atom. The van der Waals surface area contributed by atoms with E-state index in [4.69, 9.17) is 18.6 Å². The first-order valence-electron chi connectivity index (χ1n) is 17.4. The Morgan fingerprint density at radius 2 is 1.80 bits per heavy atom. The summed E-state index contributed by atoms with van der Waals surface area (Å²) in [5, 5.41) is 21.5. The van der Waals surface area contributed by atoms with Gasteiger partial charge in [0.1, 0.15) is 30.3 Å². The molecule has 1 spiro atoms. The fourth-order valence-corrected chi connectivity index (χ4v) is 8.41. The molecule has 4 aromatic carbocycles. The van der Waals surface area contributed by atoms with Crippen molar-refractivity contribution in [1.29, 1.82) is 5.26 Å². The molecule has 5 aromatic rings. The lowest BCUT2D eigenvalue weighted by atomic mass is 9.99. The van der Waals surface area contributed by atoms with Crippen LogP contribution < -0.4 is 5.32 Å². The van der Waals surface area contributed by atoms with Crippen molar-refractivity contribution in [1.82, 2.24) is 25.1 Å². The molecule has 10 nitrogen and oxygen atoms in total. The van der Waals surface area contributed by atoms with Gasteiger partial charge in [-0.05, 0) is 64.2 Å². The Hall–Kier alpha value is -4.22. The van der Waals surface area contributed by atoms with Crippen LogP contribution >= 0.6 is 0 Å². The molecule has 5 aliphatic rings. The fraction of sp³-hybridized carbons (Fsp3) is 0.359. The molecule has 0 aliphatic carbocycles. The fourth-order valence-electron chi connectivity index (χ4n) is 8.41. The van der Waals surface area contributed by atoms with Crippen molar-refractivity contribution in [3.63, 3.8) is 0 Å². The Morgan fingerprint density at radius 3 is 2.66 bits per heavy atom. The van der Waals surface area contributed by atoms with Crippen LogP contribution in [0, 0.1) is 17.1 Å². The van der Waals surface area contributed by atoms with E-state index in [9.17, 15) is 9.65 Å². The molecule has 0 radical (unpaired) electrons. The van der Waals surface area contributed by atoms with Gasteiger partial charge in [0.2, 0.25) is 0 Å². The third-order valence-corrected chi connectivity index (χ3v) is 11.0. The van der Waals surface area contributed by atoms with Crippen LogP contribution in [-0.4, -0.2) is 88.8 Å². The molecule has 6 heterocycles. The number of furan rings is 1. The third kappa shape index (κ3) is 5.40. The van der Waals surface area contributed by atoms with Gasteiger partial charge in [-0.3, -0.25) is 10.2 Å². The number of benzene rings is 4. The Labute approximate surface area is 289 Å². The van der Waals surface area contributed by atoms with Crippen LogP contribution in [-0.2, 0) is 33.7 Å². The van der Waals surface area contributed by atoms with Gasteiger partial charge in [-0.15, -0.1) is 0 Å². The first-order chi connectivity index (χ1) is 24.6. The summed E-state index contributed by atoms with van der Waals surface area (Å²) >= 11 is 0. The summed E-state index contributed by atoms with van der Waals surface area (Å²) in [4.78, 5) is 5.02. The predicted molar refractivity (Wildman–Crippen MR) is 182 cm³/mol. The van der Waals surface area contributed by atoms with Crippen LogP contribution in [0.3, 0.4) is 0 Å². The number of ether oxygens (including phenoxy) is 3. The summed E-state index contributed by atoms with van der Waals surface area (Å²) in [7, 11) is 0. The Kier molecular flexibility index (Phi) is 7.31. The number of hydrogen-bond donors (Lipinski definition) is 1. The van der Waals surface area contributed by atoms with Gasteiger partial charge in [-0.1, -0.05) is 60.7 Å². The maximum absolute atomic E-state index is 13.5. The second kappa shape index (κ2) is 11.9. The number of hydrogen-bond acceptors (Lipinski definition) is 10. The lowest BCUT2D eigenvalue weighted by Crippen LogP contribution is -2.57. The van der Waals surface area contributed by atoms with Crippen LogP contribution in [0.4, 0.5) is 4.39 Å². The Balaban J connectivity index is 0.973. The number of fused-ring (bicyclic) bond motifs is 5. The molecule has 5 fully saturated rings. The highest BCUT2D eigenvalue weighted by Crippen LogP contribution is 2.50. The average molecular weight is 673 g/mol. The van der Waals surface area contributed by atoms with Crippen LogP contribution in [0.15, 0.2) is 102 Å². The van der Waals surface area contributed by atoms with Gasteiger partial charge in [0.25, 0.3) is 0 Å². The summed E-state index contributed by atoms with van der Waals surface area (Å²) in [6.07, 6.45) is 1.84. The van der Waals surface area contributed by atoms with Crippen molar-refractivity contribution in [2.75, 3.05) is 26.2 Å². The molecule has 254 valence electrons. The lowest BCUT2D eigenvalue weighted by molar-refractivity contribution is -0.101. The van der Waals surface area contributed by atoms with E-state index in [2.05, 4.69) is 91.9 Å². The number of nitriles is 1. The molecule has 11 heteroatoms. The zero-order valence-electron chi connectivity index (χ0n) is 27.4. The van der Waals surface area contributed by atoms with Crippen molar-refractivity contribution in [3.8, 4) is 6.07 Å². The van der Waals surface area contributed by atoms with Gasteiger partial charge >= 0.3 is 0 Å². The zero-order chi connectivity index (χ0) is 33.4. The predicted octanol–water partition coefficient (Wildman–Crippen LogP) is 4.76. The van der Waals surface area contributed by atoms with E-state index in [-0.39, 0.29) is 49.4 Å². The van der Waals surface area contributed by atoms with Crippen LogP contribution in [0.25, 0.3) is 21.7 Å². The lowest BCUT2D eigenvalue weighted by Gasteiger charge is -2.39. The van der Waals surface area contributed by atoms with Crippen LogP contribution in [0.5, 0.6) is 0 Å². The molecule has 5 unspecified atom stereocenters. The van der Waals surface area contributed by atoms with E-state index >= 15 is 0 Å². The molecule has 0 bridgehead atoms. The summed E-state index contributed by atoms with van der Waals surface area (Å²) in [5.74, 6) is -0.259. The second-order valence-electron chi connectivity index (χ2n) is 14.1. The number of nitrogens with zero attached hydrogens (tertiary/aromatic N) is 5. The van der Waals surface area contributed by atoms with Gasteiger partial charge in [0.15, 0.2) is 18.2 Å². The normalized spacial score (nSPS) is 30.4. The van der Waals surface area contributed by atoms with E-state index in [1.54, 1.807) is 18.4 Å². The minimum absolute atomic E-state index is 0.00256. The largest absolute Gasteiger partial charge is 0.464 e. The van der Waals surface area contributed by atoms with Gasteiger partial charge in [0.05, 0.1) is 31.6 Å². The summed E-state index contributed by atoms with van der Waals surface area (Å²) in [6.45, 7) is 3.40. The number of halogens is 1. The Bertz CT molecular complexity index is 2090. The highest BCUT2D eigenvalue weighted by molar-refractivity contribution is 5.85. The third-order valence-electron chi connectivity index (χ3n) is 11.0. The first-order valence-corrected chi connectivity index (χ1v) is 17.4. The zero-order valence-corrected chi connectivity index (χ0v) is 27.4. The quantitative estimate of drug-likeness (QED) is 0.165. The molecule has 10 rings (SSSR count). The highest BCUT2D eigenvalue weighted by Gasteiger charge is 2.69. The molecule has 0 saturated carbocycles. The van der Waals surface area contributed by atoms with E-state index in [0.29, 0.717) is 26.2 Å². The molecule has 5 aliphatic heterocycles. The smallest absolute Gasteiger partial charge is 0.166 e. The van der Waals surface area contributed by atoms with E-state index < -0.39 is 5.72 Å². The topological polar surface area (TPSA) is 99.5 Å². The van der Waals surface area contributed by atoms with Gasteiger partial charge < -0.3 is 18.6 Å². The second-order valence-corrected chi connectivity index (χ2v) is 14.1. The van der Waals surface area contributed by atoms with Crippen molar-refractivity contribution >= 4 is 21.7 Å². The van der Waals surface area contributed by atoms with Crippen molar-refractivity contribution in [2.45, 2.75) is 62.2 Å². The van der Waals surface area contributed by atoms with Crippen molar-refractivity contribution in [2.24, 2.45) is 0 Å². The standard InChI is InChI=1S/C39H37FN6O4/c40-30-11-8-25(9-12-30)20-42-36-38(50-36)44(16-15-41)45-23-39(24-48-39)46-32(19-26-10-13-33-28(18-26)14-17-47-33)35-37(49-35)43(22-34(45)46)21-29-6-3-5-27-4-1-2-7-31(27)29/h1-14,17-18,32,34-38,42H,16,19-24H2/t32-,34+,35?,36?,37?,38?,39?/m0/s1. The van der Waals surface area contributed by atoms with E-state index in [1.807, 2.05) is 6.07 Å². The summed E-state index contributed by atoms with van der Waals surface area (Å²) in [6, 6.07) is 32.4. The molecule has 7 atom stereocenters. The SMILES string of the molecule is N#CCN(C1OC1NCc1ccc(F)cc1)N1CC2(CO2)N2[C@@H]1CN(Cc1cccc3ccccc13)C1OC1[C@@H]2Cc1ccc2occc2c1. The molecule has 0 amide bonds. The van der Waals surface area contributed by atoms with Crippen molar-refractivity contribution < 1.29 is 23.0 Å². The van der Waals surface area contributed by atoms with E-state index in [1.165, 1.54) is 34.0 Å². The summed E-state index contributed by atoms with van der Waals surface area (Å²) < 4.78 is 38.3. The maximum Gasteiger partial charge on any atom is 0.166 e. The van der Waals surface area contributed by atoms with E-state index in [0.717, 1.165) is 29.5 Å². The molecule has 1 aromatic heterocycles. The van der Waals surface area contributed by atoms with Crippen LogP contribution in [0.2, 0.25) is 0 Å². The molecule has 50 heavy (non-hydrogen) atoms. The number of rotatable bonds is 10. The minimum Gasteiger partial charge on any atom is -0.464 e. The number of hydrazine groups is 1. The highest BCUT2D eigenvalue weighted by atomic mass is 19.1. The van der Waals surface area contributed by atoms with Crippen molar-refractivity contribution in [3.05, 3.63) is 120 Å². The number of nitrogens with one attached hydrogen (secondary N) is 1. The monoisotopic (exact) mass is 672 g/mol. The first kappa shape index (κ1) is 30.6. The van der Waals surface area contributed by atoms with Gasteiger partial charge in [0, 0.05) is 31.1 Å². The van der Waals surface area contributed by atoms with Gasteiger partial charge in [-0.2, -0.15) is 10.3 Å². The minimum atomic E-state index is -0.472. The number of epoxide rings is 3.